The minimum absolute atomic E-state index is 0.309. The lowest BCUT2D eigenvalue weighted by Crippen LogP contribution is -2.32. The maximum atomic E-state index is 10.6. The van der Waals surface area contributed by atoms with Gasteiger partial charge in [0.2, 0.25) is 0 Å². The second kappa shape index (κ2) is 6.53. The molecule has 1 aromatic heterocycles. The van der Waals surface area contributed by atoms with E-state index in [1.807, 2.05) is 31.2 Å². The molecule has 0 aliphatic carbocycles. The van der Waals surface area contributed by atoms with Gasteiger partial charge in [0.25, 0.3) is 5.89 Å². The number of carbonyl (C=O) groups is 1. The van der Waals surface area contributed by atoms with E-state index < -0.39 is 12.0 Å². The number of carboxylic acids is 1. The number of hydrogen-bond acceptors (Lipinski definition) is 6. The number of nitrogens with two attached hydrogens (primary N) is 1. The molecule has 0 spiro atoms. The van der Waals surface area contributed by atoms with Gasteiger partial charge in [-0.15, -0.1) is 0 Å². The fourth-order valence-corrected chi connectivity index (χ4v) is 2.37. The van der Waals surface area contributed by atoms with E-state index in [4.69, 9.17) is 15.4 Å². The Kier molecular flexibility index (Phi) is 4.75. The molecule has 2 aromatic rings. The van der Waals surface area contributed by atoms with Crippen LogP contribution in [0.25, 0.3) is 11.5 Å². The summed E-state index contributed by atoms with van der Waals surface area (Å²) in [4.78, 5) is 14.9. The zero-order valence-electron chi connectivity index (χ0n) is 10.9. The monoisotopic (exact) mass is 293 g/mol. The molecule has 0 bridgehead atoms. The van der Waals surface area contributed by atoms with E-state index in [0.717, 1.165) is 11.1 Å². The van der Waals surface area contributed by atoms with Crippen molar-refractivity contribution in [2.24, 2.45) is 5.73 Å². The van der Waals surface area contributed by atoms with E-state index in [1.165, 1.54) is 11.8 Å². The van der Waals surface area contributed by atoms with Crippen LogP contribution in [0.2, 0.25) is 0 Å². The van der Waals surface area contributed by atoms with Crippen molar-refractivity contribution in [1.82, 2.24) is 10.1 Å². The zero-order valence-corrected chi connectivity index (χ0v) is 11.8. The molecule has 0 aliphatic heterocycles. The summed E-state index contributed by atoms with van der Waals surface area (Å²) >= 11 is 1.36. The van der Waals surface area contributed by atoms with Gasteiger partial charge in [0.05, 0.1) is 5.75 Å². The molecule has 3 N–H and O–H groups in total. The van der Waals surface area contributed by atoms with Crippen LogP contribution in [0, 0.1) is 6.92 Å². The predicted molar refractivity (Wildman–Crippen MR) is 76.2 cm³/mol. The first-order valence-electron chi connectivity index (χ1n) is 6.02. The van der Waals surface area contributed by atoms with Crippen molar-refractivity contribution >= 4 is 17.7 Å². The Morgan fingerprint density at radius 3 is 3.05 bits per heavy atom. The number of nitrogens with zero attached hydrogens (tertiary/aromatic N) is 2. The van der Waals surface area contributed by atoms with Gasteiger partial charge in [-0.2, -0.15) is 16.7 Å². The normalized spacial score (nSPS) is 12.3. The topological polar surface area (TPSA) is 102 Å². The quantitative estimate of drug-likeness (QED) is 0.835. The van der Waals surface area contributed by atoms with Crippen LogP contribution in [0.3, 0.4) is 0 Å². The first-order valence-corrected chi connectivity index (χ1v) is 7.17. The number of aromatic nitrogens is 2. The van der Waals surface area contributed by atoms with Crippen molar-refractivity contribution in [3.8, 4) is 11.5 Å². The Labute approximate surface area is 120 Å². The van der Waals surface area contributed by atoms with Crippen LogP contribution in [0.4, 0.5) is 0 Å². The highest BCUT2D eigenvalue weighted by Crippen LogP contribution is 2.19. The Morgan fingerprint density at radius 1 is 1.55 bits per heavy atom. The van der Waals surface area contributed by atoms with Crippen molar-refractivity contribution in [2.75, 3.05) is 5.75 Å². The first-order chi connectivity index (χ1) is 9.56. The van der Waals surface area contributed by atoms with Crippen molar-refractivity contribution in [1.29, 1.82) is 0 Å². The van der Waals surface area contributed by atoms with Crippen LogP contribution in [0.5, 0.6) is 0 Å². The number of benzene rings is 1. The Balaban J connectivity index is 1.94. The van der Waals surface area contributed by atoms with Gasteiger partial charge in [0, 0.05) is 11.3 Å². The van der Waals surface area contributed by atoms with Crippen LogP contribution >= 0.6 is 11.8 Å². The maximum Gasteiger partial charge on any atom is 0.321 e. The number of aliphatic carboxylic acids is 1. The molecule has 20 heavy (non-hydrogen) atoms. The molecule has 0 amide bonds. The van der Waals surface area contributed by atoms with Crippen LogP contribution < -0.4 is 5.73 Å². The average Bonchev–Trinajstić information content (AvgIpc) is 2.87. The van der Waals surface area contributed by atoms with Crippen molar-refractivity contribution in [3.63, 3.8) is 0 Å². The van der Waals surface area contributed by atoms with E-state index in [-0.39, 0.29) is 0 Å². The molecule has 6 nitrogen and oxygen atoms in total. The van der Waals surface area contributed by atoms with Crippen LogP contribution in [-0.4, -0.2) is 33.0 Å². The minimum Gasteiger partial charge on any atom is -0.480 e. The molecule has 0 unspecified atom stereocenters. The average molecular weight is 293 g/mol. The summed E-state index contributed by atoms with van der Waals surface area (Å²) in [6, 6.07) is 6.91. The molecular formula is C13H15N3O3S. The van der Waals surface area contributed by atoms with Gasteiger partial charge in [0.15, 0.2) is 5.82 Å². The second-order valence-corrected chi connectivity index (χ2v) is 5.38. The lowest BCUT2D eigenvalue weighted by atomic mass is 10.1. The maximum absolute atomic E-state index is 10.6. The van der Waals surface area contributed by atoms with Gasteiger partial charge in [-0.1, -0.05) is 22.9 Å². The van der Waals surface area contributed by atoms with Gasteiger partial charge < -0.3 is 15.4 Å². The summed E-state index contributed by atoms with van der Waals surface area (Å²) in [6.45, 7) is 1.99. The van der Waals surface area contributed by atoms with E-state index >= 15 is 0 Å². The van der Waals surface area contributed by atoms with Gasteiger partial charge >= 0.3 is 5.97 Å². The molecule has 106 valence electrons. The highest BCUT2D eigenvalue weighted by atomic mass is 32.2. The van der Waals surface area contributed by atoms with Gasteiger partial charge in [0.1, 0.15) is 6.04 Å². The van der Waals surface area contributed by atoms with Crippen molar-refractivity contribution in [2.45, 2.75) is 18.7 Å². The molecule has 1 aromatic carbocycles. The Hall–Kier alpha value is -1.86. The van der Waals surface area contributed by atoms with Crippen molar-refractivity contribution in [3.05, 3.63) is 35.7 Å². The minimum atomic E-state index is -1.01. The lowest BCUT2D eigenvalue weighted by Gasteiger charge is -2.03. The van der Waals surface area contributed by atoms with Crippen molar-refractivity contribution < 1.29 is 14.4 Å². The first kappa shape index (κ1) is 14.5. The fraction of sp³-hybridized carbons (Fsp3) is 0.308. The molecule has 7 heteroatoms. The predicted octanol–water partition coefficient (Wildman–Crippen LogP) is 1.69. The number of carboxylic acid groups (broad SMARTS) is 1. The number of hydrogen-bond donors (Lipinski definition) is 2. The Morgan fingerprint density at radius 2 is 2.35 bits per heavy atom. The van der Waals surface area contributed by atoms with Gasteiger partial charge in [-0.3, -0.25) is 4.79 Å². The molecular weight excluding hydrogens is 278 g/mol. The SMILES string of the molecule is Cc1cccc(-c2nc(CSC[C@@H](N)C(=O)O)no2)c1. The summed E-state index contributed by atoms with van der Waals surface area (Å²) in [5.74, 6) is 0.766. The third kappa shape index (κ3) is 3.82. The lowest BCUT2D eigenvalue weighted by molar-refractivity contribution is -0.137. The van der Waals surface area contributed by atoms with Gasteiger partial charge in [-0.05, 0) is 19.1 Å². The summed E-state index contributed by atoms with van der Waals surface area (Å²) in [7, 11) is 0. The van der Waals surface area contributed by atoms with Crippen LogP contribution in [0.1, 0.15) is 11.4 Å². The van der Waals surface area contributed by atoms with E-state index in [9.17, 15) is 4.79 Å². The highest BCUT2D eigenvalue weighted by Gasteiger charge is 2.13. The third-order valence-corrected chi connectivity index (χ3v) is 3.64. The third-order valence-electron chi connectivity index (χ3n) is 2.58. The second-order valence-electron chi connectivity index (χ2n) is 4.35. The van der Waals surface area contributed by atoms with E-state index in [1.54, 1.807) is 0 Å². The molecule has 0 aliphatic rings. The summed E-state index contributed by atoms with van der Waals surface area (Å²) in [5, 5.41) is 12.5. The van der Waals surface area contributed by atoms with E-state index in [0.29, 0.717) is 23.2 Å². The molecule has 0 radical (unpaired) electrons. The summed E-state index contributed by atoms with van der Waals surface area (Å²) < 4.78 is 5.19. The molecule has 0 fully saturated rings. The largest absolute Gasteiger partial charge is 0.480 e. The smallest absolute Gasteiger partial charge is 0.321 e. The molecule has 1 atom stereocenters. The molecule has 0 saturated heterocycles. The fourth-order valence-electron chi connectivity index (χ4n) is 1.56. The van der Waals surface area contributed by atoms with Crippen LogP contribution in [-0.2, 0) is 10.5 Å². The van der Waals surface area contributed by atoms with E-state index in [2.05, 4.69) is 10.1 Å². The molecule has 1 heterocycles. The standard InChI is InChI=1S/C13H15N3O3S/c1-8-3-2-4-9(5-8)12-15-11(16-19-12)7-20-6-10(14)13(17)18/h2-5,10H,6-7,14H2,1H3,(H,17,18)/t10-/m1/s1. The summed E-state index contributed by atoms with van der Waals surface area (Å²) in [5.41, 5.74) is 7.40. The summed E-state index contributed by atoms with van der Waals surface area (Å²) in [6.07, 6.45) is 0. The molecule has 2 rings (SSSR count). The van der Waals surface area contributed by atoms with Crippen LogP contribution in [0.15, 0.2) is 28.8 Å². The number of aryl methyl sites for hydroxylation is 1. The zero-order chi connectivity index (χ0) is 14.5. The number of thioether (sulfide) groups is 1. The molecule has 0 saturated carbocycles. The van der Waals surface area contributed by atoms with Gasteiger partial charge in [-0.25, -0.2) is 0 Å². The Bertz CT molecular complexity index is 600. The number of rotatable bonds is 6. The highest BCUT2D eigenvalue weighted by molar-refractivity contribution is 7.98.